The second kappa shape index (κ2) is 8.91. The van der Waals surface area contributed by atoms with Crippen LogP contribution in [-0.2, 0) is 11.3 Å². The van der Waals surface area contributed by atoms with E-state index in [2.05, 4.69) is 15.6 Å². The fourth-order valence-electron chi connectivity index (χ4n) is 3.51. The molecule has 2 aromatic rings. The van der Waals surface area contributed by atoms with Gasteiger partial charge < -0.3 is 25.5 Å². The molecule has 29 heavy (non-hydrogen) atoms. The van der Waals surface area contributed by atoms with E-state index in [0.29, 0.717) is 13.0 Å². The molecule has 8 heteroatoms. The third-order valence-electron chi connectivity index (χ3n) is 5.27. The van der Waals surface area contributed by atoms with Crippen molar-refractivity contribution in [1.29, 1.82) is 0 Å². The van der Waals surface area contributed by atoms with Crippen molar-refractivity contribution in [2.24, 2.45) is 5.92 Å². The molecule has 0 unspecified atom stereocenters. The molecule has 2 amide bonds. The molecule has 8 nitrogen and oxygen atoms in total. The van der Waals surface area contributed by atoms with Crippen molar-refractivity contribution in [3.05, 3.63) is 63.6 Å². The van der Waals surface area contributed by atoms with Gasteiger partial charge in [-0.3, -0.25) is 14.4 Å². The van der Waals surface area contributed by atoms with Crippen LogP contribution in [0.2, 0.25) is 0 Å². The van der Waals surface area contributed by atoms with Crippen molar-refractivity contribution in [2.75, 3.05) is 7.11 Å². The molecule has 0 bridgehead atoms. The lowest BCUT2D eigenvalue weighted by atomic mass is 10.1. The van der Waals surface area contributed by atoms with Gasteiger partial charge in [0.15, 0.2) is 5.75 Å². The number of amides is 2. The van der Waals surface area contributed by atoms with E-state index in [1.165, 1.54) is 13.3 Å². The van der Waals surface area contributed by atoms with Crippen molar-refractivity contribution in [3.8, 4) is 5.75 Å². The summed E-state index contributed by atoms with van der Waals surface area (Å²) < 4.78 is 4.87. The van der Waals surface area contributed by atoms with Gasteiger partial charge in [0, 0.05) is 24.7 Å². The fraction of sp³-hybridized carbons (Fsp3) is 0.381. The minimum Gasteiger partial charge on any atom is -0.491 e. The van der Waals surface area contributed by atoms with Crippen molar-refractivity contribution >= 4 is 11.8 Å². The van der Waals surface area contributed by atoms with E-state index in [1.54, 1.807) is 0 Å². The Labute approximate surface area is 168 Å². The van der Waals surface area contributed by atoms with Gasteiger partial charge in [0.25, 0.3) is 5.91 Å². The molecule has 1 aromatic heterocycles. The highest BCUT2D eigenvalue weighted by molar-refractivity contribution is 5.92. The highest BCUT2D eigenvalue weighted by Crippen LogP contribution is 2.26. The van der Waals surface area contributed by atoms with Crippen molar-refractivity contribution < 1.29 is 19.4 Å². The predicted molar refractivity (Wildman–Crippen MR) is 107 cm³/mol. The Kier molecular flexibility index (Phi) is 6.33. The molecule has 0 radical (unpaired) electrons. The standard InChI is InChI=1S/C21H25N3O5/c1-12-5-3-4-6-13(12)10-23-20(27)14-7-15(17(25)8-14)24-21(28)16-9-18(26)19(29-2)11-22-16/h3-6,9,11,14-15,17,25H,7-8,10H2,1-2H3,(H,22,26)(H,23,27)(H,24,28)/t14-,15+,17+/m0/s1. The van der Waals surface area contributed by atoms with Gasteiger partial charge in [-0.25, -0.2) is 0 Å². The summed E-state index contributed by atoms with van der Waals surface area (Å²) in [6, 6.07) is 8.37. The van der Waals surface area contributed by atoms with E-state index in [0.717, 1.165) is 17.2 Å². The molecule has 1 fully saturated rings. The average molecular weight is 399 g/mol. The quantitative estimate of drug-likeness (QED) is 0.575. The van der Waals surface area contributed by atoms with E-state index < -0.39 is 29.4 Å². The number of rotatable bonds is 6. The molecule has 0 spiro atoms. The molecule has 1 heterocycles. The van der Waals surface area contributed by atoms with Gasteiger partial charge in [0.1, 0.15) is 5.69 Å². The lowest BCUT2D eigenvalue weighted by molar-refractivity contribution is -0.125. The number of aromatic nitrogens is 1. The van der Waals surface area contributed by atoms with Crippen LogP contribution in [0.5, 0.6) is 5.75 Å². The van der Waals surface area contributed by atoms with Crippen LogP contribution in [0.1, 0.15) is 34.5 Å². The van der Waals surface area contributed by atoms with E-state index in [9.17, 15) is 19.5 Å². The summed E-state index contributed by atoms with van der Waals surface area (Å²) in [4.78, 5) is 39.4. The van der Waals surface area contributed by atoms with Crippen molar-refractivity contribution in [2.45, 2.75) is 38.5 Å². The minimum atomic E-state index is -0.835. The number of benzene rings is 1. The lowest BCUT2D eigenvalue weighted by Crippen LogP contribution is -2.40. The molecule has 0 aliphatic heterocycles. The monoisotopic (exact) mass is 399 g/mol. The van der Waals surface area contributed by atoms with Gasteiger partial charge in [-0.1, -0.05) is 24.3 Å². The van der Waals surface area contributed by atoms with E-state index in [4.69, 9.17) is 4.74 Å². The molecule has 0 saturated heterocycles. The Morgan fingerprint density at radius 3 is 2.72 bits per heavy atom. The molecular weight excluding hydrogens is 374 g/mol. The minimum absolute atomic E-state index is 0.0652. The van der Waals surface area contributed by atoms with Gasteiger partial charge in [-0.05, 0) is 30.9 Å². The summed E-state index contributed by atoms with van der Waals surface area (Å²) in [5, 5.41) is 15.9. The molecule has 3 rings (SSSR count). The lowest BCUT2D eigenvalue weighted by Gasteiger charge is -2.16. The highest BCUT2D eigenvalue weighted by atomic mass is 16.5. The first kappa shape index (κ1) is 20.6. The predicted octanol–water partition coefficient (Wildman–Crippen LogP) is 0.878. The number of nitrogens with one attached hydrogen (secondary N) is 3. The molecule has 4 N–H and O–H groups in total. The van der Waals surface area contributed by atoms with Gasteiger partial charge in [0.05, 0.1) is 19.3 Å². The summed E-state index contributed by atoms with van der Waals surface area (Å²) in [7, 11) is 1.36. The fourth-order valence-corrected chi connectivity index (χ4v) is 3.51. The van der Waals surface area contributed by atoms with E-state index in [-0.39, 0.29) is 23.8 Å². The zero-order valence-electron chi connectivity index (χ0n) is 16.4. The normalized spacial score (nSPS) is 20.9. The number of aryl methyl sites for hydroxylation is 1. The molecule has 1 aromatic carbocycles. The Bertz CT molecular complexity index is 955. The second-order valence-corrected chi connectivity index (χ2v) is 7.24. The number of aliphatic hydroxyl groups excluding tert-OH is 1. The highest BCUT2D eigenvalue weighted by Gasteiger charge is 2.37. The topological polar surface area (TPSA) is 121 Å². The number of aliphatic hydroxyl groups is 1. The Morgan fingerprint density at radius 1 is 1.28 bits per heavy atom. The molecule has 1 aliphatic rings. The first-order valence-electron chi connectivity index (χ1n) is 9.47. The number of carbonyl (C=O) groups excluding carboxylic acids is 2. The van der Waals surface area contributed by atoms with E-state index >= 15 is 0 Å². The number of carbonyl (C=O) groups is 2. The van der Waals surface area contributed by atoms with Crippen molar-refractivity contribution in [1.82, 2.24) is 15.6 Å². The van der Waals surface area contributed by atoms with Crippen molar-refractivity contribution in [3.63, 3.8) is 0 Å². The SMILES string of the molecule is COc1c[nH]c(C(=O)N[C@@H]2C[C@H](C(=O)NCc3ccccc3C)C[C@H]2O)cc1=O. The Hall–Kier alpha value is -3.13. The third-order valence-corrected chi connectivity index (χ3v) is 5.27. The summed E-state index contributed by atoms with van der Waals surface area (Å²) in [6.07, 6.45) is 1.07. The van der Waals surface area contributed by atoms with Crippen LogP contribution in [0.25, 0.3) is 0 Å². The largest absolute Gasteiger partial charge is 0.491 e. The maximum absolute atomic E-state index is 12.5. The number of ether oxygens (including phenoxy) is 1. The number of hydrogen-bond acceptors (Lipinski definition) is 5. The maximum Gasteiger partial charge on any atom is 0.268 e. The smallest absolute Gasteiger partial charge is 0.268 e. The summed E-state index contributed by atoms with van der Waals surface area (Å²) >= 11 is 0. The van der Waals surface area contributed by atoms with Crippen LogP contribution >= 0.6 is 0 Å². The first-order chi connectivity index (χ1) is 13.9. The Morgan fingerprint density at radius 2 is 2.03 bits per heavy atom. The van der Waals surface area contributed by atoms with E-state index in [1.807, 2.05) is 31.2 Å². The molecule has 1 saturated carbocycles. The Balaban J connectivity index is 1.56. The maximum atomic E-state index is 12.5. The zero-order chi connectivity index (χ0) is 21.0. The van der Waals surface area contributed by atoms with Gasteiger partial charge in [-0.2, -0.15) is 0 Å². The van der Waals surface area contributed by atoms with Gasteiger partial charge in [0.2, 0.25) is 11.3 Å². The second-order valence-electron chi connectivity index (χ2n) is 7.24. The number of pyridine rings is 1. The van der Waals surface area contributed by atoms with Crippen LogP contribution < -0.4 is 20.8 Å². The van der Waals surface area contributed by atoms with Crippen LogP contribution in [0.3, 0.4) is 0 Å². The number of aromatic amines is 1. The number of H-pyrrole nitrogens is 1. The number of methoxy groups -OCH3 is 1. The first-order valence-corrected chi connectivity index (χ1v) is 9.47. The third kappa shape index (κ3) is 4.83. The number of hydrogen-bond donors (Lipinski definition) is 4. The van der Waals surface area contributed by atoms with Gasteiger partial charge >= 0.3 is 0 Å². The molecular formula is C21H25N3O5. The summed E-state index contributed by atoms with van der Waals surface area (Å²) in [5.74, 6) is -0.959. The van der Waals surface area contributed by atoms with Crippen LogP contribution in [-0.4, -0.2) is 41.2 Å². The summed E-state index contributed by atoms with van der Waals surface area (Å²) in [6.45, 7) is 2.40. The van der Waals surface area contributed by atoms with Crippen LogP contribution in [0.4, 0.5) is 0 Å². The van der Waals surface area contributed by atoms with Gasteiger partial charge in [-0.15, -0.1) is 0 Å². The van der Waals surface area contributed by atoms with Crippen LogP contribution in [0, 0.1) is 12.8 Å². The van der Waals surface area contributed by atoms with Crippen LogP contribution in [0.15, 0.2) is 41.3 Å². The zero-order valence-corrected chi connectivity index (χ0v) is 16.4. The molecule has 3 atom stereocenters. The molecule has 1 aliphatic carbocycles. The molecule has 154 valence electrons. The summed E-state index contributed by atoms with van der Waals surface area (Å²) in [5.41, 5.74) is 1.78. The average Bonchev–Trinajstić information content (AvgIpc) is 3.07.